The molecule has 0 spiro atoms. The molecule has 0 saturated heterocycles. The lowest BCUT2D eigenvalue weighted by molar-refractivity contribution is 0.888. The first-order valence-electron chi connectivity index (χ1n) is 5.57. The Morgan fingerprint density at radius 1 is 1.33 bits per heavy atom. The summed E-state index contributed by atoms with van der Waals surface area (Å²) in [5, 5.41) is 8.69. The van der Waals surface area contributed by atoms with Gasteiger partial charge in [-0.05, 0) is 47.5 Å². The van der Waals surface area contributed by atoms with Crippen LogP contribution >= 0.6 is 38.6 Å². The number of hydrogen-bond acceptors (Lipinski definition) is 4. The van der Waals surface area contributed by atoms with Crippen LogP contribution in [0.5, 0.6) is 0 Å². The number of thiophene rings is 1. The van der Waals surface area contributed by atoms with Crippen LogP contribution in [0.15, 0.2) is 39.5 Å². The summed E-state index contributed by atoms with van der Waals surface area (Å²) in [5.74, 6) is 0. The summed E-state index contributed by atoms with van der Waals surface area (Å²) in [4.78, 5) is 4.60. The van der Waals surface area contributed by atoms with E-state index >= 15 is 0 Å². The van der Waals surface area contributed by atoms with Crippen LogP contribution < -0.4 is 5.32 Å². The zero-order valence-electron chi connectivity index (χ0n) is 9.68. The molecule has 18 heavy (non-hydrogen) atoms. The topological polar surface area (TPSA) is 24.9 Å². The molecule has 0 fully saturated rings. The van der Waals surface area contributed by atoms with Crippen molar-refractivity contribution in [3.63, 3.8) is 0 Å². The van der Waals surface area contributed by atoms with Gasteiger partial charge in [-0.25, -0.2) is 4.98 Å². The van der Waals surface area contributed by atoms with Crippen molar-refractivity contribution in [1.82, 2.24) is 4.98 Å². The fourth-order valence-corrected chi connectivity index (χ4v) is 3.79. The van der Waals surface area contributed by atoms with Crippen LogP contribution in [0.3, 0.4) is 0 Å². The minimum Gasteiger partial charge on any atom is -0.355 e. The van der Waals surface area contributed by atoms with Crippen molar-refractivity contribution >= 4 is 54.0 Å². The van der Waals surface area contributed by atoms with Crippen molar-refractivity contribution in [2.24, 2.45) is 0 Å². The minimum atomic E-state index is 0.292. The van der Waals surface area contributed by atoms with E-state index < -0.39 is 0 Å². The maximum absolute atomic E-state index is 4.60. The number of thiazole rings is 1. The number of fused-ring (bicyclic) bond motifs is 1. The molecular weight excluding hydrogens is 328 g/mol. The van der Waals surface area contributed by atoms with Gasteiger partial charge in [0.15, 0.2) is 5.13 Å². The maximum Gasteiger partial charge on any atom is 0.184 e. The van der Waals surface area contributed by atoms with Crippen molar-refractivity contribution in [2.45, 2.75) is 13.0 Å². The van der Waals surface area contributed by atoms with E-state index in [1.54, 1.807) is 22.7 Å². The number of benzene rings is 1. The van der Waals surface area contributed by atoms with Crippen LogP contribution in [0.1, 0.15) is 18.5 Å². The first-order valence-corrected chi connectivity index (χ1v) is 8.12. The van der Waals surface area contributed by atoms with Crippen molar-refractivity contribution in [1.29, 1.82) is 0 Å². The number of rotatable bonds is 3. The van der Waals surface area contributed by atoms with Gasteiger partial charge in [-0.15, -0.1) is 0 Å². The standard InChI is InChI=1S/C13H11BrN2S2/c1-8(9-4-5-17-7-9)15-13-16-11-6-10(14)2-3-12(11)18-13/h2-8H,1H3,(H,15,16). The molecule has 0 amide bonds. The molecule has 3 aromatic rings. The third-order valence-electron chi connectivity index (χ3n) is 2.73. The molecular formula is C13H11BrN2S2. The van der Waals surface area contributed by atoms with Gasteiger partial charge >= 0.3 is 0 Å². The van der Waals surface area contributed by atoms with E-state index in [0.29, 0.717) is 6.04 Å². The first-order chi connectivity index (χ1) is 8.72. The number of anilines is 1. The molecule has 0 saturated carbocycles. The Balaban J connectivity index is 1.86. The van der Waals surface area contributed by atoms with Gasteiger partial charge in [-0.3, -0.25) is 0 Å². The van der Waals surface area contributed by atoms with Crippen molar-refractivity contribution in [2.75, 3.05) is 5.32 Å². The third kappa shape index (κ3) is 2.43. The SMILES string of the molecule is CC(Nc1nc2cc(Br)ccc2s1)c1ccsc1. The molecule has 2 nitrogen and oxygen atoms in total. The average Bonchev–Trinajstić information content (AvgIpc) is 2.95. The number of nitrogens with zero attached hydrogens (tertiary/aromatic N) is 1. The van der Waals surface area contributed by atoms with Crippen LogP contribution in [0.25, 0.3) is 10.2 Å². The fourth-order valence-electron chi connectivity index (χ4n) is 1.75. The minimum absolute atomic E-state index is 0.292. The second-order valence-electron chi connectivity index (χ2n) is 4.05. The van der Waals surface area contributed by atoms with Crippen LogP contribution in [-0.2, 0) is 0 Å². The van der Waals surface area contributed by atoms with Crippen LogP contribution in [-0.4, -0.2) is 4.98 Å². The summed E-state index contributed by atoms with van der Waals surface area (Å²) < 4.78 is 2.27. The molecule has 0 aliphatic carbocycles. The summed E-state index contributed by atoms with van der Waals surface area (Å²) in [6.07, 6.45) is 0. The van der Waals surface area contributed by atoms with E-state index in [1.807, 2.05) is 12.1 Å². The summed E-state index contributed by atoms with van der Waals surface area (Å²) >= 11 is 6.88. The quantitative estimate of drug-likeness (QED) is 0.701. The Morgan fingerprint density at radius 2 is 2.22 bits per heavy atom. The molecule has 92 valence electrons. The predicted molar refractivity (Wildman–Crippen MR) is 83.7 cm³/mol. The van der Waals surface area contributed by atoms with E-state index in [0.717, 1.165) is 15.1 Å². The highest BCUT2D eigenvalue weighted by atomic mass is 79.9. The second-order valence-corrected chi connectivity index (χ2v) is 6.78. The van der Waals surface area contributed by atoms with Gasteiger partial charge in [0, 0.05) is 4.47 Å². The van der Waals surface area contributed by atoms with Crippen LogP contribution in [0.4, 0.5) is 5.13 Å². The second kappa shape index (κ2) is 4.99. The van der Waals surface area contributed by atoms with Gasteiger partial charge in [0.2, 0.25) is 0 Å². The molecule has 0 aliphatic rings. The monoisotopic (exact) mass is 338 g/mol. The highest BCUT2D eigenvalue weighted by molar-refractivity contribution is 9.10. The maximum atomic E-state index is 4.60. The molecule has 2 heterocycles. The highest BCUT2D eigenvalue weighted by Crippen LogP contribution is 2.30. The number of aromatic nitrogens is 1. The fraction of sp³-hybridized carbons (Fsp3) is 0.154. The summed E-state index contributed by atoms with van der Waals surface area (Å²) in [5.41, 5.74) is 2.34. The Kier molecular flexibility index (Phi) is 3.37. The molecule has 0 radical (unpaired) electrons. The lowest BCUT2D eigenvalue weighted by atomic mass is 10.2. The molecule has 2 aromatic heterocycles. The third-order valence-corrected chi connectivity index (χ3v) is 4.90. The van der Waals surface area contributed by atoms with Gasteiger partial charge in [0.1, 0.15) is 0 Å². The lowest BCUT2D eigenvalue weighted by Crippen LogP contribution is -2.04. The smallest absolute Gasteiger partial charge is 0.184 e. The van der Waals surface area contributed by atoms with Gasteiger partial charge < -0.3 is 5.32 Å². The van der Waals surface area contributed by atoms with E-state index in [2.05, 4.69) is 56.0 Å². The largest absolute Gasteiger partial charge is 0.355 e. The van der Waals surface area contributed by atoms with Gasteiger partial charge in [0.05, 0.1) is 16.3 Å². The molecule has 0 bridgehead atoms. The van der Waals surface area contributed by atoms with Crippen molar-refractivity contribution < 1.29 is 0 Å². The molecule has 0 aliphatic heterocycles. The van der Waals surface area contributed by atoms with Crippen molar-refractivity contribution in [3.05, 3.63) is 45.1 Å². The molecule has 5 heteroatoms. The summed E-state index contributed by atoms with van der Waals surface area (Å²) in [6, 6.07) is 8.63. The molecule has 1 atom stereocenters. The average molecular weight is 339 g/mol. The zero-order chi connectivity index (χ0) is 12.5. The summed E-state index contributed by atoms with van der Waals surface area (Å²) in [6.45, 7) is 2.16. The Hall–Kier alpha value is -0.910. The van der Waals surface area contributed by atoms with Gasteiger partial charge in [-0.2, -0.15) is 11.3 Å². The number of nitrogens with one attached hydrogen (secondary N) is 1. The highest BCUT2D eigenvalue weighted by Gasteiger charge is 2.09. The number of hydrogen-bond donors (Lipinski definition) is 1. The Morgan fingerprint density at radius 3 is 3.00 bits per heavy atom. The molecule has 1 aromatic carbocycles. The van der Waals surface area contributed by atoms with E-state index in [4.69, 9.17) is 0 Å². The van der Waals surface area contributed by atoms with Crippen LogP contribution in [0, 0.1) is 0 Å². The lowest BCUT2D eigenvalue weighted by Gasteiger charge is -2.10. The number of halogens is 1. The van der Waals surface area contributed by atoms with E-state index in [-0.39, 0.29) is 0 Å². The Labute approximate surface area is 122 Å². The van der Waals surface area contributed by atoms with E-state index in [9.17, 15) is 0 Å². The van der Waals surface area contributed by atoms with Gasteiger partial charge in [0.25, 0.3) is 0 Å². The van der Waals surface area contributed by atoms with E-state index in [1.165, 1.54) is 10.3 Å². The van der Waals surface area contributed by atoms with Crippen LogP contribution in [0.2, 0.25) is 0 Å². The molecule has 3 rings (SSSR count). The van der Waals surface area contributed by atoms with Gasteiger partial charge in [-0.1, -0.05) is 27.3 Å². The van der Waals surface area contributed by atoms with Crippen molar-refractivity contribution in [3.8, 4) is 0 Å². The molecule has 1 N–H and O–H groups in total. The Bertz CT molecular complexity index is 661. The normalized spacial score (nSPS) is 12.8. The first kappa shape index (κ1) is 12.1. The summed E-state index contributed by atoms with van der Waals surface area (Å²) in [7, 11) is 0. The predicted octanol–water partition coefficient (Wildman–Crippen LogP) is 5.29. The molecule has 1 unspecified atom stereocenters. The zero-order valence-corrected chi connectivity index (χ0v) is 12.9.